The number of hydrogen-bond donors (Lipinski definition) is 0. The Labute approximate surface area is 280 Å². The molecule has 0 fully saturated rings. The summed E-state index contributed by atoms with van der Waals surface area (Å²) < 4.78 is 2.44. The molecule has 4 aromatic carbocycles. The second-order valence-corrected chi connectivity index (χ2v) is 11.8. The Morgan fingerprint density at radius 1 is 0.756 bits per heavy atom. The molecule has 0 saturated heterocycles. The molecule has 7 rings (SSSR count). The minimum atomic E-state index is 0. The van der Waals surface area contributed by atoms with E-state index in [-0.39, 0.29) is 20.1 Å². The van der Waals surface area contributed by atoms with E-state index in [1.54, 1.807) is 0 Å². The zero-order valence-corrected chi connectivity index (χ0v) is 28.6. The van der Waals surface area contributed by atoms with E-state index in [1.165, 1.54) is 44.1 Å². The van der Waals surface area contributed by atoms with Gasteiger partial charge >= 0.3 is 0 Å². The first-order valence-electron chi connectivity index (χ1n) is 15.2. The van der Waals surface area contributed by atoms with Gasteiger partial charge in [0.05, 0.1) is 0 Å². The Morgan fingerprint density at radius 3 is 2.22 bits per heavy atom. The standard InChI is InChI=1S/C22H21N2.C19H16N.Ir/c1-15(2)14-24-21-10-5-4-7-17(21)18-8-6-9-19(22(18)24)20-13-16(3)11-12-23-20;1-14-8-6-7-11-17(14)19-12-15(2)18(13-20-19)16-9-4-3-5-10-16;/h4-8,10-13,15H,14H2,1-3H3;3-13H,1H2,2H3;/q2*-1;. The van der Waals surface area contributed by atoms with Crippen molar-refractivity contribution in [3.63, 3.8) is 0 Å². The van der Waals surface area contributed by atoms with Gasteiger partial charge in [-0.15, -0.1) is 41.5 Å². The average molecular weight is 764 g/mol. The summed E-state index contributed by atoms with van der Waals surface area (Å²) in [6, 6.07) is 41.0. The molecule has 0 saturated carbocycles. The smallest absolute Gasteiger partial charge is 0.0391 e. The molecule has 0 aliphatic carbocycles. The van der Waals surface area contributed by atoms with Crippen molar-refractivity contribution in [1.29, 1.82) is 0 Å². The Bertz CT molecular complexity index is 2060. The monoisotopic (exact) mass is 764 g/mol. The number of aromatic nitrogens is 3. The van der Waals surface area contributed by atoms with Crippen LogP contribution < -0.4 is 0 Å². The number of hydrogen-bond acceptors (Lipinski definition) is 2. The Morgan fingerprint density at radius 2 is 1.49 bits per heavy atom. The number of para-hydroxylation sites is 1. The molecule has 0 aliphatic heterocycles. The third-order valence-corrected chi connectivity index (χ3v) is 7.93. The molecule has 0 unspecified atom stereocenters. The maximum Gasteiger partial charge on any atom is 0.0391 e. The van der Waals surface area contributed by atoms with E-state index in [4.69, 9.17) is 0 Å². The normalized spacial score (nSPS) is 10.9. The summed E-state index contributed by atoms with van der Waals surface area (Å²) in [5.74, 6) is 0.572. The number of rotatable bonds is 5. The van der Waals surface area contributed by atoms with Crippen LogP contribution in [0, 0.1) is 32.8 Å². The summed E-state index contributed by atoms with van der Waals surface area (Å²) in [5, 5.41) is 2.58. The summed E-state index contributed by atoms with van der Waals surface area (Å²) in [5.41, 5.74) is 12.5. The van der Waals surface area contributed by atoms with Crippen LogP contribution in [0.25, 0.3) is 55.4 Å². The fourth-order valence-corrected chi connectivity index (χ4v) is 5.86. The minimum Gasteiger partial charge on any atom is -0.380 e. The maximum absolute atomic E-state index is 4.61. The SMILES string of the molecule is Cc1ccnc(-c2[c-]ccc3c4ccccc4n(CC(C)C)c23)c1.[CH2-]c1ccccc1-c1cc(C)c(-c2ccccc2)cn1.[Ir]. The van der Waals surface area contributed by atoms with Gasteiger partial charge in [-0.2, -0.15) is 18.6 Å². The van der Waals surface area contributed by atoms with Gasteiger partial charge in [-0.1, -0.05) is 85.5 Å². The summed E-state index contributed by atoms with van der Waals surface area (Å²) in [7, 11) is 0. The van der Waals surface area contributed by atoms with Gasteiger partial charge in [-0.25, -0.2) is 0 Å². The van der Waals surface area contributed by atoms with Crippen LogP contribution in [0.1, 0.15) is 30.5 Å². The van der Waals surface area contributed by atoms with E-state index >= 15 is 0 Å². The Balaban J connectivity index is 0.000000177. The van der Waals surface area contributed by atoms with Crippen LogP contribution in [0.2, 0.25) is 0 Å². The molecule has 0 bridgehead atoms. The van der Waals surface area contributed by atoms with Gasteiger partial charge in [-0.05, 0) is 65.7 Å². The fourth-order valence-electron chi connectivity index (χ4n) is 5.86. The molecule has 227 valence electrons. The first-order chi connectivity index (χ1) is 21.4. The number of pyridine rings is 2. The summed E-state index contributed by atoms with van der Waals surface area (Å²) >= 11 is 0. The van der Waals surface area contributed by atoms with E-state index in [1.807, 2.05) is 60.9 Å². The number of nitrogens with zero attached hydrogens (tertiary/aromatic N) is 3. The van der Waals surface area contributed by atoms with Gasteiger partial charge in [0.15, 0.2) is 0 Å². The van der Waals surface area contributed by atoms with E-state index in [9.17, 15) is 0 Å². The van der Waals surface area contributed by atoms with Crippen LogP contribution in [0.5, 0.6) is 0 Å². The second kappa shape index (κ2) is 14.1. The number of fused-ring (bicyclic) bond motifs is 3. The van der Waals surface area contributed by atoms with Gasteiger partial charge in [0.2, 0.25) is 0 Å². The van der Waals surface area contributed by atoms with Crippen LogP contribution in [-0.2, 0) is 26.7 Å². The van der Waals surface area contributed by atoms with Crippen LogP contribution in [0.15, 0.2) is 122 Å². The number of aryl methyl sites for hydroxylation is 2. The quantitative estimate of drug-likeness (QED) is 0.164. The molecular formula is C41H37IrN3-2. The van der Waals surface area contributed by atoms with Crippen molar-refractivity contribution in [2.45, 2.75) is 34.2 Å². The predicted octanol–water partition coefficient (Wildman–Crippen LogP) is 10.5. The molecule has 3 heterocycles. The van der Waals surface area contributed by atoms with Crippen molar-refractivity contribution >= 4 is 21.8 Å². The molecule has 7 aromatic rings. The summed E-state index contributed by atoms with van der Waals surface area (Å²) in [6.07, 6.45) is 3.83. The maximum atomic E-state index is 4.61. The van der Waals surface area contributed by atoms with Gasteiger partial charge in [0.25, 0.3) is 0 Å². The van der Waals surface area contributed by atoms with Gasteiger partial charge in [0, 0.05) is 55.8 Å². The molecule has 1 radical (unpaired) electrons. The number of benzene rings is 4. The predicted molar refractivity (Wildman–Crippen MR) is 185 cm³/mol. The summed E-state index contributed by atoms with van der Waals surface area (Å²) in [4.78, 5) is 9.21. The van der Waals surface area contributed by atoms with E-state index in [0.717, 1.165) is 34.6 Å². The van der Waals surface area contributed by atoms with E-state index in [0.29, 0.717) is 5.92 Å². The van der Waals surface area contributed by atoms with Crippen molar-refractivity contribution in [2.24, 2.45) is 5.92 Å². The van der Waals surface area contributed by atoms with Crippen molar-refractivity contribution in [3.05, 3.63) is 151 Å². The molecule has 0 spiro atoms. The van der Waals surface area contributed by atoms with Crippen molar-refractivity contribution in [3.8, 4) is 33.6 Å². The molecule has 45 heavy (non-hydrogen) atoms. The topological polar surface area (TPSA) is 30.7 Å². The largest absolute Gasteiger partial charge is 0.380 e. The van der Waals surface area contributed by atoms with Gasteiger partial charge < -0.3 is 9.55 Å². The zero-order valence-electron chi connectivity index (χ0n) is 26.2. The second-order valence-electron chi connectivity index (χ2n) is 11.8. The summed E-state index contributed by atoms with van der Waals surface area (Å²) in [6.45, 7) is 13.8. The van der Waals surface area contributed by atoms with Crippen LogP contribution >= 0.6 is 0 Å². The minimum absolute atomic E-state index is 0. The Kier molecular flexibility index (Phi) is 9.98. The average Bonchev–Trinajstić information content (AvgIpc) is 3.35. The molecular weight excluding hydrogens is 727 g/mol. The third kappa shape index (κ3) is 6.78. The molecule has 0 aliphatic rings. The molecule has 3 nitrogen and oxygen atoms in total. The molecule has 0 amide bonds. The van der Waals surface area contributed by atoms with E-state index < -0.39 is 0 Å². The fraction of sp³-hybridized carbons (Fsp3) is 0.146. The first kappa shape index (κ1) is 31.9. The molecule has 4 heteroatoms. The molecule has 3 aromatic heterocycles. The van der Waals surface area contributed by atoms with Crippen LogP contribution in [-0.4, -0.2) is 14.5 Å². The van der Waals surface area contributed by atoms with Crippen molar-refractivity contribution < 1.29 is 20.1 Å². The molecule has 0 atom stereocenters. The first-order valence-corrected chi connectivity index (χ1v) is 15.2. The van der Waals surface area contributed by atoms with Crippen molar-refractivity contribution in [2.75, 3.05) is 0 Å². The van der Waals surface area contributed by atoms with Crippen LogP contribution in [0.3, 0.4) is 0 Å². The zero-order chi connectivity index (χ0) is 30.6. The third-order valence-electron chi connectivity index (χ3n) is 7.93. The Hall–Kier alpha value is -4.50. The molecule has 0 N–H and O–H groups in total. The van der Waals surface area contributed by atoms with Gasteiger partial charge in [0.1, 0.15) is 0 Å². The van der Waals surface area contributed by atoms with E-state index in [2.05, 4.69) is 116 Å². The van der Waals surface area contributed by atoms with Crippen molar-refractivity contribution in [1.82, 2.24) is 14.5 Å². The van der Waals surface area contributed by atoms with Gasteiger partial charge in [-0.3, -0.25) is 4.98 Å². The van der Waals surface area contributed by atoms with Crippen LogP contribution in [0.4, 0.5) is 0 Å².